The molecule has 7 nitrogen and oxygen atoms in total. The van der Waals surface area contributed by atoms with E-state index in [1.54, 1.807) is 30.6 Å². The van der Waals surface area contributed by atoms with Gasteiger partial charge in [-0.15, -0.1) is 0 Å². The number of carbonyl (C=O) groups excluding carboxylic acids is 3. The molecule has 2 aliphatic heterocycles. The summed E-state index contributed by atoms with van der Waals surface area (Å²) in [7, 11) is 2.03. The molecule has 0 N–H and O–H groups in total. The topological polar surface area (TPSA) is 73.8 Å². The third kappa shape index (κ3) is 4.59. The number of carbonyl (C=O) groups is 3. The number of hydrogen-bond donors (Lipinski definition) is 0. The van der Waals surface area contributed by atoms with Gasteiger partial charge in [0.05, 0.1) is 12.0 Å². The first kappa shape index (κ1) is 24.0. The van der Waals surface area contributed by atoms with Crippen LogP contribution in [0.5, 0.6) is 0 Å². The average molecular weight is 467 g/mol. The van der Waals surface area contributed by atoms with Gasteiger partial charge < -0.3 is 9.80 Å². The van der Waals surface area contributed by atoms with Crippen LogP contribution in [0, 0.1) is 11.7 Å². The van der Waals surface area contributed by atoms with Crippen LogP contribution in [0.2, 0.25) is 0 Å². The second-order valence-electron chi connectivity index (χ2n) is 9.75. The summed E-state index contributed by atoms with van der Waals surface area (Å²) >= 11 is 0. The lowest BCUT2D eigenvalue weighted by atomic mass is 9.75. The van der Waals surface area contributed by atoms with Crippen molar-refractivity contribution in [2.45, 2.75) is 44.7 Å². The highest BCUT2D eigenvalue weighted by Crippen LogP contribution is 2.41. The van der Waals surface area contributed by atoms with Gasteiger partial charge in [-0.25, -0.2) is 4.39 Å². The van der Waals surface area contributed by atoms with Crippen LogP contribution in [-0.4, -0.2) is 70.1 Å². The Morgan fingerprint density at radius 1 is 1.21 bits per heavy atom. The number of imide groups is 1. The normalized spacial score (nSPS) is 23.7. The zero-order chi connectivity index (χ0) is 24.5. The van der Waals surface area contributed by atoms with Crippen molar-refractivity contribution in [2.24, 2.45) is 5.92 Å². The van der Waals surface area contributed by atoms with Gasteiger partial charge in [-0.2, -0.15) is 0 Å². The molecule has 4 rings (SSSR count). The van der Waals surface area contributed by atoms with Crippen molar-refractivity contribution in [3.8, 4) is 0 Å². The SMILES string of the molecule is CC(C)[C@H]1CN(C)CCN1C(=O)CC1(c2cccc(F)c2)CC(=O)N(Cc2cccnc2)C1=O. The summed E-state index contributed by atoms with van der Waals surface area (Å²) in [5.41, 5.74) is -0.351. The molecular formula is C26H31FN4O3. The molecule has 0 spiro atoms. The van der Waals surface area contributed by atoms with Gasteiger partial charge in [0.2, 0.25) is 17.7 Å². The number of nitrogens with zero attached hydrogens (tertiary/aromatic N) is 4. The van der Waals surface area contributed by atoms with E-state index in [-0.39, 0.29) is 43.2 Å². The molecule has 0 aliphatic carbocycles. The fourth-order valence-electron chi connectivity index (χ4n) is 5.08. The van der Waals surface area contributed by atoms with E-state index in [2.05, 4.69) is 23.7 Å². The Balaban J connectivity index is 1.68. The third-order valence-electron chi connectivity index (χ3n) is 7.01. The maximum absolute atomic E-state index is 14.2. The largest absolute Gasteiger partial charge is 0.337 e. The predicted molar refractivity (Wildman–Crippen MR) is 125 cm³/mol. The number of amides is 3. The summed E-state index contributed by atoms with van der Waals surface area (Å²) in [6, 6.07) is 9.26. The van der Waals surface area contributed by atoms with Crippen molar-refractivity contribution >= 4 is 17.7 Å². The Morgan fingerprint density at radius 3 is 2.68 bits per heavy atom. The van der Waals surface area contributed by atoms with E-state index in [4.69, 9.17) is 0 Å². The minimum atomic E-state index is -1.43. The van der Waals surface area contributed by atoms with E-state index in [9.17, 15) is 18.8 Å². The summed E-state index contributed by atoms with van der Waals surface area (Å²) in [5.74, 6) is -1.28. The van der Waals surface area contributed by atoms with Gasteiger partial charge >= 0.3 is 0 Å². The van der Waals surface area contributed by atoms with Gasteiger partial charge in [0.15, 0.2) is 0 Å². The van der Waals surface area contributed by atoms with Gasteiger partial charge in [0.1, 0.15) is 5.82 Å². The highest BCUT2D eigenvalue weighted by molar-refractivity contribution is 6.10. The van der Waals surface area contributed by atoms with E-state index in [1.807, 2.05) is 11.9 Å². The number of likely N-dealkylation sites (tertiary alicyclic amines) is 1. The van der Waals surface area contributed by atoms with Crippen molar-refractivity contribution in [1.29, 1.82) is 0 Å². The van der Waals surface area contributed by atoms with Crippen LogP contribution in [0.25, 0.3) is 0 Å². The Labute approximate surface area is 199 Å². The number of halogens is 1. The van der Waals surface area contributed by atoms with Crippen LogP contribution in [-0.2, 0) is 26.3 Å². The van der Waals surface area contributed by atoms with Crippen molar-refractivity contribution < 1.29 is 18.8 Å². The maximum Gasteiger partial charge on any atom is 0.241 e. The molecule has 3 heterocycles. The summed E-state index contributed by atoms with van der Waals surface area (Å²) in [5, 5.41) is 0. The molecular weight excluding hydrogens is 435 g/mol. The smallest absolute Gasteiger partial charge is 0.241 e. The number of likely N-dealkylation sites (N-methyl/N-ethyl adjacent to an activating group) is 1. The molecule has 2 fully saturated rings. The van der Waals surface area contributed by atoms with Gasteiger partial charge in [0, 0.05) is 50.9 Å². The molecule has 1 aromatic heterocycles. The zero-order valence-electron chi connectivity index (χ0n) is 19.9. The van der Waals surface area contributed by atoms with Crippen LogP contribution in [0.1, 0.15) is 37.8 Å². The number of aromatic nitrogens is 1. The maximum atomic E-state index is 14.2. The van der Waals surface area contributed by atoms with Gasteiger partial charge in [-0.05, 0) is 42.3 Å². The Kier molecular flexibility index (Phi) is 6.79. The molecule has 2 aromatic rings. The fourth-order valence-corrected chi connectivity index (χ4v) is 5.08. The number of benzene rings is 1. The minimum Gasteiger partial charge on any atom is -0.337 e. The van der Waals surface area contributed by atoms with Crippen molar-refractivity contribution in [3.63, 3.8) is 0 Å². The summed E-state index contributed by atoms with van der Waals surface area (Å²) in [6.45, 7) is 6.26. The molecule has 0 saturated carbocycles. The highest BCUT2D eigenvalue weighted by Gasteiger charge is 2.54. The van der Waals surface area contributed by atoms with E-state index in [0.717, 1.165) is 13.1 Å². The van der Waals surface area contributed by atoms with Crippen LogP contribution in [0.15, 0.2) is 48.8 Å². The molecule has 2 aliphatic rings. The van der Waals surface area contributed by atoms with Gasteiger partial charge in [0.25, 0.3) is 0 Å². The Bertz CT molecular complexity index is 1080. The van der Waals surface area contributed by atoms with E-state index in [0.29, 0.717) is 17.7 Å². The molecule has 1 aromatic carbocycles. The first-order valence-electron chi connectivity index (χ1n) is 11.7. The molecule has 3 amide bonds. The van der Waals surface area contributed by atoms with E-state index in [1.165, 1.54) is 23.1 Å². The number of pyridine rings is 1. The van der Waals surface area contributed by atoms with Crippen molar-refractivity contribution in [3.05, 3.63) is 65.7 Å². The lowest BCUT2D eigenvalue weighted by Crippen LogP contribution is -2.57. The van der Waals surface area contributed by atoms with E-state index < -0.39 is 17.1 Å². The average Bonchev–Trinajstić information content (AvgIpc) is 3.04. The fraction of sp³-hybridized carbons (Fsp3) is 0.462. The van der Waals surface area contributed by atoms with Crippen LogP contribution in [0.3, 0.4) is 0 Å². The van der Waals surface area contributed by atoms with Crippen LogP contribution in [0.4, 0.5) is 4.39 Å². The minimum absolute atomic E-state index is 0.00881. The van der Waals surface area contributed by atoms with Gasteiger partial charge in [-0.1, -0.05) is 32.0 Å². The molecule has 180 valence electrons. The molecule has 34 heavy (non-hydrogen) atoms. The highest BCUT2D eigenvalue weighted by atomic mass is 19.1. The van der Waals surface area contributed by atoms with Crippen molar-refractivity contribution in [2.75, 3.05) is 26.7 Å². The first-order chi connectivity index (χ1) is 16.2. The Morgan fingerprint density at radius 2 is 2.00 bits per heavy atom. The number of rotatable bonds is 6. The lowest BCUT2D eigenvalue weighted by Gasteiger charge is -2.43. The van der Waals surface area contributed by atoms with Crippen molar-refractivity contribution in [1.82, 2.24) is 19.7 Å². The zero-order valence-corrected chi connectivity index (χ0v) is 19.9. The molecule has 0 radical (unpaired) electrons. The standard InChI is InChI=1S/C26H31FN4O3/c1-18(2)22-17-29(3)10-11-30(22)23(32)13-26(20-7-4-8-21(27)12-20)14-24(33)31(25(26)34)16-19-6-5-9-28-15-19/h4-9,12,15,18,22H,10-11,13-14,16-17H2,1-3H3/t22-,26?/m1/s1. The number of piperazine rings is 1. The van der Waals surface area contributed by atoms with Crippen LogP contribution >= 0.6 is 0 Å². The first-order valence-corrected chi connectivity index (χ1v) is 11.7. The number of hydrogen-bond acceptors (Lipinski definition) is 5. The van der Waals surface area contributed by atoms with Crippen LogP contribution < -0.4 is 0 Å². The quantitative estimate of drug-likeness (QED) is 0.612. The second-order valence-corrected chi connectivity index (χ2v) is 9.75. The molecule has 2 atom stereocenters. The van der Waals surface area contributed by atoms with Gasteiger partial charge in [-0.3, -0.25) is 24.3 Å². The molecule has 1 unspecified atom stereocenters. The van der Waals surface area contributed by atoms with E-state index >= 15 is 0 Å². The molecule has 2 saturated heterocycles. The third-order valence-corrected chi connectivity index (χ3v) is 7.01. The Hall–Kier alpha value is -3.13. The molecule has 8 heteroatoms. The summed E-state index contributed by atoms with van der Waals surface area (Å²) in [4.78, 5) is 49.9. The predicted octanol–water partition coefficient (Wildman–Crippen LogP) is 2.61. The summed E-state index contributed by atoms with van der Waals surface area (Å²) in [6.07, 6.45) is 2.89. The molecule has 0 bridgehead atoms. The monoisotopic (exact) mass is 466 g/mol. The lowest BCUT2D eigenvalue weighted by molar-refractivity contribution is -0.145. The second kappa shape index (κ2) is 9.62. The summed E-state index contributed by atoms with van der Waals surface area (Å²) < 4.78 is 14.2.